The average molecular weight is 655 g/mol. The molecule has 2 aliphatic rings. The van der Waals surface area contributed by atoms with E-state index < -0.39 is 5.69 Å². The molecule has 0 radical (unpaired) electrons. The van der Waals surface area contributed by atoms with Crippen molar-refractivity contribution in [3.05, 3.63) is 22.5 Å². The molecule has 25 heteroatoms. The van der Waals surface area contributed by atoms with Crippen LogP contribution in [0, 0.1) is 0 Å². The molecular formula is C19H31KN22OS. The maximum atomic E-state index is 10.1. The van der Waals surface area contributed by atoms with E-state index in [1.807, 2.05) is 11.3 Å². The zero-order chi connectivity index (χ0) is 30.9. The number of hydrogen-bond acceptors (Lipinski definition) is 23. The van der Waals surface area contributed by atoms with Crippen molar-refractivity contribution >= 4 is 42.2 Å². The van der Waals surface area contributed by atoms with Crippen molar-refractivity contribution in [2.24, 2.45) is 5.73 Å². The first-order chi connectivity index (χ1) is 20.8. The molecule has 4 aromatic heterocycles. The van der Waals surface area contributed by atoms with Gasteiger partial charge in [0.2, 0.25) is 5.95 Å². The Labute approximate surface area is 298 Å². The van der Waals surface area contributed by atoms with E-state index >= 15 is 0 Å². The Morgan fingerprint density at radius 2 is 1.32 bits per heavy atom. The van der Waals surface area contributed by atoms with Crippen LogP contribution in [0.3, 0.4) is 0 Å². The standard InChI is InChI=1S/C12H20N6.C3H6N6.C2H3N5O.C2H3N5S.K/c1-2-6-18(7-3-1)12-14-10-11(15-16-12)17-8-4-13-5-9-17;4-1-2-6-8-3(5)9-7-2;2*3-1-4-6-2(8)7-5-1;/h10,13H,1-9H2;1,4H2,(H2,5,8,9);2*(H2,3,4,5)(H,6,7,8);/q;;;;+1/p-1. The van der Waals surface area contributed by atoms with Gasteiger partial charge in [0.25, 0.3) is 17.8 Å². The third-order valence-electron chi connectivity index (χ3n) is 5.32. The molecule has 0 unspecified atom stereocenters. The third-order valence-corrected chi connectivity index (χ3v) is 5.48. The number of H-pyrrole nitrogens is 1. The number of nitrogen functional groups attached to an aromatic ring is 3. The van der Waals surface area contributed by atoms with Crippen molar-refractivity contribution in [3.63, 3.8) is 0 Å². The minimum Gasteiger partial charge on any atom is -0.736 e. The van der Waals surface area contributed by atoms with Crippen molar-refractivity contribution in [2.75, 3.05) is 66.3 Å². The van der Waals surface area contributed by atoms with Crippen molar-refractivity contribution in [1.82, 2.24) is 81.7 Å². The van der Waals surface area contributed by atoms with Gasteiger partial charge in [0.15, 0.2) is 11.6 Å². The summed E-state index contributed by atoms with van der Waals surface area (Å²) in [5.74, 6) is 2.14. The summed E-state index contributed by atoms with van der Waals surface area (Å²) in [5.41, 5.74) is 19.7. The van der Waals surface area contributed by atoms with Gasteiger partial charge in [-0.15, -0.1) is 51.0 Å². The van der Waals surface area contributed by atoms with Crippen molar-refractivity contribution in [3.8, 4) is 0 Å². The molecule has 0 spiro atoms. The zero-order valence-corrected chi connectivity index (χ0v) is 27.9. The predicted molar refractivity (Wildman–Crippen MR) is 153 cm³/mol. The summed E-state index contributed by atoms with van der Waals surface area (Å²) in [5, 5.41) is 50.7. The Balaban J connectivity index is 0.000000221. The van der Waals surface area contributed by atoms with Crippen LogP contribution in [-0.2, 0) is 19.2 Å². The number of piperazine rings is 1. The molecule has 44 heavy (non-hydrogen) atoms. The third kappa shape index (κ3) is 13.8. The molecule has 4 aromatic rings. The monoisotopic (exact) mass is 654 g/mol. The molecule has 23 nitrogen and oxygen atoms in total. The minimum absolute atomic E-state index is 0. The van der Waals surface area contributed by atoms with E-state index in [1.165, 1.54) is 19.3 Å². The molecule has 0 atom stereocenters. The van der Waals surface area contributed by atoms with E-state index in [0.717, 1.165) is 51.0 Å². The smallest absolute Gasteiger partial charge is 0.736 e. The fourth-order valence-corrected chi connectivity index (χ4v) is 3.44. The first-order valence-electron chi connectivity index (χ1n) is 12.8. The van der Waals surface area contributed by atoms with Gasteiger partial charge in [-0.3, -0.25) is 0 Å². The fourth-order valence-electron chi connectivity index (χ4n) is 3.35. The summed E-state index contributed by atoms with van der Waals surface area (Å²) in [6, 6.07) is 0. The molecule has 0 bridgehead atoms. The van der Waals surface area contributed by atoms with Gasteiger partial charge in [-0.05, 0) is 19.3 Å². The van der Waals surface area contributed by atoms with E-state index in [9.17, 15) is 4.79 Å². The van der Waals surface area contributed by atoms with Crippen LogP contribution in [0.15, 0.2) is 16.1 Å². The molecule has 6 heterocycles. The molecular weight excluding hydrogens is 624 g/mol. The van der Waals surface area contributed by atoms with Crippen LogP contribution in [-0.4, -0.2) is 116 Å². The number of rotatable bonds is 3. The summed E-state index contributed by atoms with van der Waals surface area (Å²) in [4.78, 5) is 19.0. The number of nitrogens with zero attached hydrogens (tertiary/aromatic N) is 16. The number of nitrogens with two attached hydrogens (primary N) is 4. The maximum absolute atomic E-state index is 10.1. The molecule has 230 valence electrons. The number of nitrogens with one attached hydrogen (secondary N) is 2. The van der Waals surface area contributed by atoms with Crippen LogP contribution < -0.4 is 95.1 Å². The van der Waals surface area contributed by atoms with E-state index in [0.29, 0.717) is 5.82 Å². The quantitative estimate of drug-likeness (QED) is 0.0882. The summed E-state index contributed by atoms with van der Waals surface area (Å²) in [7, 11) is 0. The van der Waals surface area contributed by atoms with E-state index in [2.05, 4.69) is 99.0 Å². The van der Waals surface area contributed by atoms with E-state index in [1.54, 1.807) is 0 Å². The molecule has 2 saturated heterocycles. The molecule has 2 fully saturated rings. The van der Waals surface area contributed by atoms with E-state index in [4.69, 9.17) is 22.9 Å². The second kappa shape index (κ2) is 20.4. The van der Waals surface area contributed by atoms with Crippen LogP contribution in [0.1, 0.15) is 25.1 Å². The van der Waals surface area contributed by atoms with Crippen LogP contribution in [0.4, 0.5) is 29.6 Å². The van der Waals surface area contributed by atoms with Gasteiger partial charge in [0.1, 0.15) is 0 Å². The van der Waals surface area contributed by atoms with Crippen molar-refractivity contribution < 1.29 is 51.4 Å². The summed E-state index contributed by atoms with van der Waals surface area (Å²) >= 11 is 4.47. The normalized spacial score (nSPS) is 13.8. The minimum atomic E-state index is -0.598. The molecule has 0 saturated carbocycles. The topological polar surface area (TPSA) is 336 Å². The summed E-state index contributed by atoms with van der Waals surface area (Å²) in [6.07, 6.45) is 5.66. The molecule has 0 amide bonds. The second-order valence-corrected chi connectivity index (χ2v) is 8.77. The molecule has 6 rings (SSSR count). The Bertz CT molecular complexity index is 1310. The van der Waals surface area contributed by atoms with Crippen LogP contribution in [0.5, 0.6) is 0 Å². The van der Waals surface area contributed by atoms with Gasteiger partial charge in [-0.2, -0.15) is 10.2 Å². The fraction of sp³-hybridized carbons (Fsp3) is 0.526. The zero-order valence-electron chi connectivity index (χ0n) is 23.9. The number of aromatic amines is 1. The van der Waals surface area contributed by atoms with Gasteiger partial charge >= 0.3 is 57.1 Å². The Kier molecular flexibility index (Phi) is 17.0. The summed E-state index contributed by atoms with van der Waals surface area (Å²) < 4.78 is 0. The number of anilines is 5. The number of hydrogen-bond donors (Lipinski definition) is 6. The average Bonchev–Trinajstić information content (AvgIpc) is 3.06. The van der Waals surface area contributed by atoms with Crippen molar-refractivity contribution in [1.29, 1.82) is 0 Å². The second-order valence-electron chi connectivity index (χ2n) is 8.41. The van der Waals surface area contributed by atoms with Gasteiger partial charge in [0, 0.05) is 39.3 Å². The van der Waals surface area contributed by atoms with Gasteiger partial charge in [-0.25, -0.2) is 14.9 Å². The molecule has 0 aliphatic carbocycles. The SMILES string of the molecule is NCc1nnc(N)nn1.Nc1nnc(=O)[nH]n1.Nc1nnc([S-])nn1.[K+].c1nc(N2CCCCC2)nnc1N1CCNCC1. The van der Waals surface area contributed by atoms with Crippen LogP contribution in [0.2, 0.25) is 0 Å². The Hall–Kier alpha value is -3.59. The molecule has 0 aromatic carbocycles. The van der Waals surface area contributed by atoms with Crippen molar-refractivity contribution in [2.45, 2.75) is 31.0 Å². The molecule has 10 N–H and O–H groups in total. The largest absolute Gasteiger partial charge is 1.00 e. The maximum Gasteiger partial charge on any atom is 1.00 e. The summed E-state index contributed by atoms with van der Waals surface area (Å²) in [6.45, 7) is 6.35. The van der Waals surface area contributed by atoms with Crippen LogP contribution in [0.25, 0.3) is 0 Å². The number of aromatic nitrogens is 15. The number of piperidine rings is 1. The molecule has 2 aliphatic heterocycles. The predicted octanol–water partition coefficient (Wildman–Crippen LogP) is -7.52. The first-order valence-corrected chi connectivity index (χ1v) is 13.2. The Morgan fingerprint density at radius 3 is 1.80 bits per heavy atom. The van der Waals surface area contributed by atoms with E-state index in [-0.39, 0.29) is 80.9 Å². The van der Waals surface area contributed by atoms with Crippen LogP contribution >= 0.6 is 0 Å². The van der Waals surface area contributed by atoms with Gasteiger partial charge in [0.05, 0.1) is 17.9 Å². The van der Waals surface area contributed by atoms with Gasteiger partial charge < -0.3 is 50.7 Å². The van der Waals surface area contributed by atoms with Gasteiger partial charge in [-0.1, -0.05) is 5.10 Å². The first kappa shape index (κ1) is 36.6. The Morgan fingerprint density at radius 1 is 0.727 bits per heavy atom.